The van der Waals surface area contributed by atoms with Crippen molar-refractivity contribution in [2.45, 2.75) is 18.7 Å². The third-order valence-corrected chi connectivity index (χ3v) is 5.94. The Labute approximate surface area is 174 Å². The minimum Gasteiger partial charge on any atom is -0.465 e. The van der Waals surface area contributed by atoms with E-state index in [1.165, 1.54) is 43.5 Å². The van der Waals surface area contributed by atoms with Crippen LogP contribution in [0, 0.1) is 6.92 Å². The molecule has 8 nitrogen and oxygen atoms in total. The van der Waals surface area contributed by atoms with Crippen LogP contribution >= 0.6 is 0 Å². The molecular weight excluding hydrogens is 410 g/mol. The van der Waals surface area contributed by atoms with Crippen LogP contribution in [0.25, 0.3) is 10.9 Å². The van der Waals surface area contributed by atoms with Gasteiger partial charge < -0.3 is 18.2 Å². The fourth-order valence-electron chi connectivity index (χ4n) is 3.14. The number of nitrogens with zero attached hydrogens (tertiary/aromatic N) is 1. The molecule has 0 radical (unpaired) electrons. The first kappa shape index (κ1) is 21.4. The van der Waals surface area contributed by atoms with Gasteiger partial charge in [0.15, 0.2) is 0 Å². The monoisotopic (exact) mass is 431 g/mol. The molecule has 1 heterocycles. The lowest BCUT2D eigenvalue weighted by atomic mass is 10.1. The third-order valence-electron chi connectivity index (χ3n) is 4.69. The molecule has 3 aromatic rings. The van der Waals surface area contributed by atoms with Crippen molar-refractivity contribution < 1.29 is 31.7 Å². The molecule has 2 aromatic carbocycles. The van der Waals surface area contributed by atoms with Crippen LogP contribution in [0.4, 0.5) is 0 Å². The number of esters is 2. The fraction of sp³-hybridized carbons (Fsp3) is 0.238. The van der Waals surface area contributed by atoms with Crippen LogP contribution in [0.3, 0.4) is 0 Å². The average Bonchev–Trinajstić information content (AvgIpc) is 2.97. The Morgan fingerprint density at radius 2 is 1.80 bits per heavy atom. The Balaban J connectivity index is 2.02. The molecule has 0 atom stereocenters. The number of carbonyl (C=O) groups excluding carboxylic acids is 2. The van der Waals surface area contributed by atoms with Crippen LogP contribution in [0.2, 0.25) is 0 Å². The van der Waals surface area contributed by atoms with Gasteiger partial charge in [-0.1, -0.05) is 6.07 Å². The van der Waals surface area contributed by atoms with E-state index in [1.807, 2.05) is 4.57 Å². The number of benzene rings is 2. The minimum absolute atomic E-state index is 0.0297. The first-order valence-corrected chi connectivity index (χ1v) is 10.5. The van der Waals surface area contributed by atoms with Gasteiger partial charge in [0, 0.05) is 23.6 Å². The Kier molecular flexibility index (Phi) is 5.84. The second-order valence-corrected chi connectivity index (χ2v) is 8.02. The molecule has 0 saturated heterocycles. The van der Waals surface area contributed by atoms with E-state index in [-0.39, 0.29) is 22.8 Å². The second-order valence-electron chi connectivity index (χ2n) is 6.48. The smallest absolute Gasteiger partial charge is 0.340 e. The zero-order valence-corrected chi connectivity index (χ0v) is 17.8. The summed E-state index contributed by atoms with van der Waals surface area (Å²) in [7, 11) is -1.22. The maximum atomic E-state index is 12.7. The van der Waals surface area contributed by atoms with Crippen molar-refractivity contribution in [1.82, 2.24) is 4.57 Å². The molecule has 0 saturated carbocycles. The summed E-state index contributed by atoms with van der Waals surface area (Å²) in [5, 5.41) is 0.518. The van der Waals surface area contributed by atoms with Gasteiger partial charge in [-0.05, 0) is 50.2 Å². The molecule has 0 aliphatic rings. The zero-order chi connectivity index (χ0) is 22.1. The number of hydrogen-bond acceptors (Lipinski definition) is 7. The van der Waals surface area contributed by atoms with Gasteiger partial charge in [0.05, 0.1) is 24.8 Å². The lowest BCUT2D eigenvalue weighted by Gasteiger charge is -2.09. The van der Waals surface area contributed by atoms with E-state index in [4.69, 9.17) is 8.92 Å². The molecule has 158 valence electrons. The SMILES string of the molecule is CCOC(=O)c1c(C)n(C)c2ccc(OS(=O)(=O)c3cccc(C(=O)OC)c3)cc12. The van der Waals surface area contributed by atoms with E-state index in [0.717, 1.165) is 5.52 Å². The first-order valence-electron chi connectivity index (χ1n) is 9.08. The van der Waals surface area contributed by atoms with Gasteiger partial charge in [0.2, 0.25) is 0 Å². The number of methoxy groups -OCH3 is 1. The quantitative estimate of drug-likeness (QED) is 0.436. The first-order chi connectivity index (χ1) is 14.2. The van der Waals surface area contributed by atoms with E-state index in [0.29, 0.717) is 16.6 Å². The summed E-state index contributed by atoms with van der Waals surface area (Å²) in [5.74, 6) is -1.12. The van der Waals surface area contributed by atoms with Gasteiger partial charge in [-0.3, -0.25) is 0 Å². The molecule has 0 aliphatic carbocycles. The van der Waals surface area contributed by atoms with Crippen molar-refractivity contribution in [3.8, 4) is 5.75 Å². The molecule has 0 unspecified atom stereocenters. The van der Waals surface area contributed by atoms with E-state index in [1.54, 1.807) is 27.0 Å². The number of fused-ring (bicyclic) bond motifs is 1. The maximum Gasteiger partial charge on any atom is 0.340 e. The Hall–Kier alpha value is -3.33. The van der Waals surface area contributed by atoms with Crippen molar-refractivity contribution >= 4 is 33.0 Å². The second kappa shape index (κ2) is 8.19. The third kappa shape index (κ3) is 3.88. The van der Waals surface area contributed by atoms with Crippen LogP contribution in [-0.4, -0.2) is 38.6 Å². The predicted octanol–water partition coefficient (Wildman–Crippen LogP) is 3.22. The molecule has 0 N–H and O–H groups in total. The Morgan fingerprint density at radius 1 is 1.07 bits per heavy atom. The van der Waals surface area contributed by atoms with Crippen LogP contribution < -0.4 is 4.18 Å². The summed E-state index contributed by atoms with van der Waals surface area (Å²) in [6.07, 6.45) is 0. The van der Waals surface area contributed by atoms with Gasteiger partial charge >= 0.3 is 22.1 Å². The molecule has 9 heteroatoms. The van der Waals surface area contributed by atoms with Crippen molar-refractivity contribution in [2.75, 3.05) is 13.7 Å². The summed E-state index contributed by atoms with van der Waals surface area (Å²) >= 11 is 0. The van der Waals surface area contributed by atoms with Crippen molar-refractivity contribution in [2.24, 2.45) is 7.05 Å². The van der Waals surface area contributed by atoms with Crippen molar-refractivity contribution in [1.29, 1.82) is 0 Å². The maximum absolute atomic E-state index is 12.7. The van der Waals surface area contributed by atoms with Gasteiger partial charge in [0.25, 0.3) is 0 Å². The highest BCUT2D eigenvalue weighted by atomic mass is 32.2. The standard InChI is InChI=1S/C21H21NO7S/c1-5-28-21(24)19-13(2)22(3)18-10-9-15(12-17(18)19)29-30(25,26)16-8-6-7-14(11-16)20(23)27-4/h6-12H,5H2,1-4H3. The van der Waals surface area contributed by atoms with E-state index in [2.05, 4.69) is 4.74 Å². The lowest BCUT2D eigenvalue weighted by molar-refractivity contribution is 0.0526. The van der Waals surface area contributed by atoms with Gasteiger partial charge in [0.1, 0.15) is 10.6 Å². The zero-order valence-electron chi connectivity index (χ0n) is 17.0. The molecular formula is C21H21NO7S. The molecule has 0 spiro atoms. The Morgan fingerprint density at radius 3 is 2.47 bits per heavy atom. The molecule has 0 aliphatic heterocycles. The highest BCUT2D eigenvalue weighted by Crippen LogP contribution is 2.30. The van der Waals surface area contributed by atoms with Gasteiger partial charge in [-0.25, -0.2) is 9.59 Å². The summed E-state index contributed by atoms with van der Waals surface area (Å²) in [6.45, 7) is 3.71. The minimum atomic E-state index is -4.22. The molecule has 1 aromatic heterocycles. The molecule has 30 heavy (non-hydrogen) atoms. The highest BCUT2D eigenvalue weighted by molar-refractivity contribution is 7.87. The molecule has 0 fully saturated rings. The largest absolute Gasteiger partial charge is 0.465 e. The van der Waals surface area contributed by atoms with Crippen LogP contribution in [0.5, 0.6) is 5.75 Å². The van der Waals surface area contributed by atoms with Crippen molar-refractivity contribution in [3.63, 3.8) is 0 Å². The number of carbonyl (C=O) groups is 2. The molecule has 3 rings (SSSR count). The lowest BCUT2D eigenvalue weighted by Crippen LogP contribution is -2.11. The number of aryl methyl sites for hydroxylation is 1. The van der Waals surface area contributed by atoms with Gasteiger partial charge in [-0.15, -0.1) is 0 Å². The van der Waals surface area contributed by atoms with E-state index in [9.17, 15) is 18.0 Å². The van der Waals surface area contributed by atoms with E-state index >= 15 is 0 Å². The number of aromatic nitrogens is 1. The normalized spacial score (nSPS) is 11.3. The van der Waals surface area contributed by atoms with E-state index < -0.39 is 22.1 Å². The summed E-state index contributed by atoms with van der Waals surface area (Å²) in [5.41, 5.74) is 1.85. The number of ether oxygens (including phenoxy) is 2. The van der Waals surface area contributed by atoms with Gasteiger partial charge in [-0.2, -0.15) is 8.42 Å². The van der Waals surface area contributed by atoms with Crippen LogP contribution in [0.1, 0.15) is 33.3 Å². The Bertz CT molecular complexity index is 1240. The number of hydrogen-bond donors (Lipinski definition) is 0. The molecule has 0 bridgehead atoms. The summed E-state index contributed by atoms with van der Waals surface area (Å²) in [4.78, 5) is 23.9. The molecule has 0 amide bonds. The van der Waals surface area contributed by atoms with Crippen LogP contribution in [0.15, 0.2) is 47.4 Å². The van der Waals surface area contributed by atoms with Crippen molar-refractivity contribution in [3.05, 3.63) is 59.3 Å². The number of rotatable bonds is 6. The average molecular weight is 431 g/mol. The van der Waals surface area contributed by atoms with Crippen LogP contribution in [-0.2, 0) is 26.6 Å². The highest BCUT2D eigenvalue weighted by Gasteiger charge is 2.23. The predicted molar refractivity (Wildman–Crippen MR) is 109 cm³/mol. The summed E-state index contributed by atoms with van der Waals surface area (Å²) < 4.78 is 42.3. The summed E-state index contributed by atoms with van der Waals surface area (Å²) in [6, 6.07) is 10.0. The topological polar surface area (TPSA) is 101 Å². The fourth-order valence-corrected chi connectivity index (χ4v) is 4.10.